The van der Waals surface area contributed by atoms with Crippen molar-refractivity contribution in [3.8, 4) is 5.75 Å². The summed E-state index contributed by atoms with van der Waals surface area (Å²) in [7, 11) is -3.86. The van der Waals surface area contributed by atoms with Crippen LogP contribution in [0.25, 0.3) is 0 Å². The summed E-state index contributed by atoms with van der Waals surface area (Å²) in [5.41, 5.74) is 3.16. The Bertz CT molecular complexity index is 772. The summed E-state index contributed by atoms with van der Waals surface area (Å²) in [4.78, 5) is 0.188. The molecular weight excluding hydrogens is 308 g/mol. The quantitative estimate of drug-likeness (QED) is 0.789. The topological polar surface area (TPSA) is 43.4 Å². The Balaban J connectivity index is 2.45. The first-order valence-electron chi connectivity index (χ1n) is 6.50. The first-order chi connectivity index (χ1) is 9.72. The molecule has 0 heterocycles. The second kappa shape index (κ2) is 5.70. The predicted molar refractivity (Wildman–Crippen MR) is 84.7 cm³/mol. The molecule has 0 spiro atoms. The summed E-state index contributed by atoms with van der Waals surface area (Å²) in [5, 5.41) is 0.617. The van der Waals surface area contributed by atoms with Gasteiger partial charge in [0.1, 0.15) is 10.6 Å². The first-order valence-corrected chi connectivity index (χ1v) is 8.28. The largest absolute Gasteiger partial charge is 0.379 e. The Morgan fingerprint density at radius 3 is 2.10 bits per heavy atom. The lowest BCUT2D eigenvalue weighted by atomic mass is 10.1. The van der Waals surface area contributed by atoms with Gasteiger partial charge in [-0.05, 0) is 68.1 Å². The molecule has 3 nitrogen and oxygen atoms in total. The highest BCUT2D eigenvalue weighted by atomic mass is 35.5. The van der Waals surface area contributed by atoms with Crippen LogP contribution in [0.4, 0.5) is 0 Å². The molecule has 0 atom stereocenters. The van der Waals surface area contributed by atoms with Crippen LogP contribution in [0.5, 0.6) is 5.75 Å². The maximum atomic E-state index is 12.4. The van der Waals surface area contributed by atoms with Crippen molar-refractivity contribution in [3.05, 3.63) is 57.6 Å². The van der Waals surface area contributed by atoms with Crippen molar-refractivity contribution < 1.29 is 12.6 Å². The van der Waals surface area contributed by atoms with Crippen LogP contribution in [0.3, 0.4) is 0 Å². The highest BCUT2D eigenvalue weighted by molar-refractivity contribution is 7.87. The van der Waals surface area contributed by atoms with Gasteiger partial charge in [-0.25, -0.2) is 0 Å². The summed E-state index contributed by atoms with van der Waals surface area (Å²) in [5.74, 6) is 0.273. The number of hydrogen-bond donors (Lipinski definition) is 0. The number of benzene rings is 2. The highest BCUT2D eigenvalue weighted by Crippen LogP contribution is 2.29. The van der Waals surface area contributed by atoms with Crippen molar-refractivity contribution in [1.82, 2.24) is 0 Å². The summed E-state index contributed by atoms with van der Waals surface area (Å²) in [6.07, 6.45) is 0. The smallest absolute Gasteiger partial charge is 0.339 e. The van der Waals surface area contributed by atoms with Crippen LogP contribution in [0.15, 0.2) is 35.2 Å². The van der Waals surface area contributed by atoms with Crippen molar-refractivity contribution in [1.29, 1.82) is 0 Å². The van der Waals surface area contributed by atoms with Gasteiger partial charge in [0.15, 0.2) is 0 Å². The zero-order valence-electron chi connectivity index (χ0n) is 12.4. The molecule has 0 saturated carbocycles. The maximum Gasteiger partial charge on any atom is 0.339 e. The third-order valence-electron chi connectivity index (χ3n) is 3.44. The maximum absolute atomic E-state index is 12.4. The van der Waals surface area contributed by atoms with Gasteiger partial charge < -0.3 is 4.18 Å². The third-order valence-corrected chi connectivity index (χ3v) is 5.43. The van der Waals surface area contributed by atoms with Crippen molar-refractivity contribution in [2.45, 2.75) is 32.6 Å². The molecule has 0 amide bonds. The van der Waals surface area contributed by atoms with E-state index < -0.39 is 10.1 Å². The summed E-state index contributed by atoms with van der Waals surface area (Å²) < 4.78 is 30.1. The Morgan fingerprint density at radius 2 is 1.52 bits per heavy atom. The van der Waals surface area contributed by atoms with E-state index in [1.54, 1.807) is 31.2 Å². The van der Waals surface area contributed by atoms with E-state index in [1.807, 2.05) is 26.8 Å². The number of halogens is 1. The minimum atomic E-state index is -3.86. The normalized spacial score (nSPS) is 11.5. The van der Waals surface area contributed by atoms with Gasteiger partial charge >= 0.3 is 10.1 Å². The molecule has 0 saturated heterocycles. The van der Waals surface area contributed by atoms with E-state index in [1.165, 1.54) is 0 Å². The molecule has 0 N–H and O–H groups in total. The van der Waals surface area contributed by atoms with Gasteiger partial charge in [0, 0.05) is 5.02 Å². The van der Waals surface area contributed by atoms with Crippen LogP contribution in [-0.4, -0.2) is 8.42 Å². The number of hydrogen-bond acceptors (Lipinski definition) is 3. The fourth-order valence-corrected chi connectivity index (χ4v) is 3.45. The van der Waals surface area contributed by atoms with Crippen LogP contribution in [0, 0.1) is 27.7 Å². The molecule has 0 unspecified atom stereocenters. The molecule has 0 bridgehead atoms. The number of aryl methyl sites for hydroxylation is 3. The van der Waals surface area contributed by atoms with Gasteiger partial charge in [0.2, 0.25) is 0 Å². The molecule has 2 aromatic carbocycles. The molecule has 0 aliphatic heterocycles. The van der Waals surface area contributed by atoms with Gasteiger partial charge in [0.05, 0.1) is 0 Å². The van der Waals surface area contributed by atoms with Crippen molar-refractivity contribution >= 4 is 21.7 Å². The average molecular weight is 325 g/mol. The molecular formula is C16H17ClO3S. The molecule has 0 fully saturated rings. The fraction of sp³-hybridized carbons (Fsp3) is 0.250. The average Bonchev–Trinajstić information content (AvgIpc) is 2.38. The third kappa shape index (κ3) is 3.22. The lowest BCUT2D eigenvalue weighted by molar-refractivity contribution is 0.485. The Kier molecular flexibility index (Phi) is 4.30. The van der Waals surface area contributed by atoms with Crippen LogP contribution in [-0.2, 0) is 10.1 Å². The fourth-order valence-electron chi connectivity index (χ4n) is 2.12. The highest BCUT2D eigenvalue weighted by Gasteiger charge is 2.20. The molecule has 5 heteroatoms. The van der Waals surface area contributed by atoms with E-state index in [0.29, 0.717) is 10.6 Å². The van der Waals surface area contributed by atoms with Crippen molar-refractivity contribution in [3.63, 3.8) is 0 Å². The standard InChI is InChI=1S/C16H17ClO3S/c1-10-6-5-7-15(13(10)4)21(18,19)20-14-8-11(2)16(17)12(3)9-14/h5-9H,1-4H3. The lowest BCUT2D eigenvalue weighted by Crippen LogP contribution is -2.12. The van der Waals surface area contributed by atoms with E-state index in [9.17, 15) is 8.42 Å². The molecule has 2 rings (SSSR count). The second-order valence-electron chi connectivity index (χ2n) is 5.11. The second-order valence-corrected chi connectivity index (χ2v) is 7.00. The predicted octanol–water partition coefficient (Wildman–Crippen LogP) is 4.34. The van der Waals surface area contributed by atoms with Crippen LogP contribution < -0.4 is 4.18 Å². The summed E-state index contributed by atoms with van der Waals surface area (Å²) in [6.45, 7) is 7.26. The molecule has 0 radical (unpaired) electrons. The van der Waals surface area contributed by atoms with E-state index in [-0.39, 0.29) is 10.6 Å². The monoisotopic (exact) mass is 324 g/mol. The van der Waals surface area contributed by atoms with Gasteiger partial charge in [-0.3, -0.25) is 0 Å². The van der Waals surface area contributed by atoms with Crippen molar-refractivity contribution in [2.75, 3.05) is 0 Å². The molecule has 0 aliphatic rings. The van der Waals surface area contributed by atoms with E-state index >= 15 is 0 Å². The van der Waals surface area contributed by atoms with Gasteiger partial charge in [0.25, 0.3) is 0 Å². The van der Waals surface area contributed by atoms with Gasteiger partial charge in [-0.2, -0.15) is 8.42 Å². The van der Waals surface area contributed by atoms with Crippen LogP contribution >= 0.6 is 11.6 Å². The number of rotatable bonds is 3. The SMILES string of the molecule is Cc1cccc(S(=O)(=O)Oc2cc(C)c(Cl)c(C)c2)c1C. The Hall–Kier alpha value is -1.52. The first kappa shape index (κ1) is 15.9. The zero-order valence-corrected chi connectivity index (χ0v) is 14.0. The Labute approximate surface area is 130 Å². The minimum Gasteiger partial charge on any atom is -0.379 e. The van der Waals surface area contributed by atoms with E-state index in [2.05, 4.69) is 0 Å². The van der Waals surface area contributed by atoms with E-state index in [4.69, 9.17) is 15.8 Å². The molecule has 0 aliphatic carbocycles. The van der Waals surface area contributed by atoms with Gasteiger partial charge in [-0.1, -0.05) is 23.7 Å². The molecule has 112 valence electrons. The van der Waals surface area contributed by atoms with Crippen LogP contribution in [0.2, 0.25) is 5.02 Å². The lowest BCUT2D eigenvalue weighted by Gasteiger charge is -2.12. The molecule has 21 heavy (non-hydrogen) atoms. The zero-order chi connectivity index (χ0) is 15.8. The van der Waals surface area contributed by atoms with Crippen LogP contribution in [0.1, 0.15) is 22.3 Å². The van der Waals surface area contributed by atoms with E-state index in [0.717, 1.165) is 16.7 Å². The minimum absolute atomic E-state index is 0.188. The molecule has 0 aromatic heterocycles. The van der Waals surface area contributed by atoms with Crippen molar-refractivity contribution in [2.24, 2.45) is 0 Å². The Morgan fingerprint density at radius 1 is 0.952 bits per heavy atom. The van der Waals surface area contributed by atoms with Gasteiger partial charge in [-0.15, -0.1) is 0 Å². The molecule has 2 aromatic rings. The summed E-state index contributed by atoms with van der Waals surface area (Å²) in [6, 6.07) is 8.37. The summed E-state index contributed by atoms with van der Waals surface area (Å²) >= 11 is 6.08.